The summed E-state index contributed by atoms with van der Waals surface area (Å²) < 4.78 is 0. The maximum absolute atomic E-state index is 11.4. The molecule has 1 saturated carbocycles. The molecule has 0 aromatic rings. The standard InChI is InChI=1S/C11H18N2O5/c1-11(3-2-4-11)6-12-10(18)13-7(9(16)17)5-8(14)15/h7H,2-6H2,1H3,(H,14,15)(H,16,17)(H2,12,13,18). The molecule has 1 fully saturated rings. The van der Waals surface area contributed by atoms with Crippen molar-refractivity contribution < 1.29 is 24.6 Å². The third-order valence-corrected chi connectivity index (χ3v) is 3.22. The Hall–Kier alpha value is -1.79. The third kappa shape index (κ3) is 4.23. The number of urea groups is 1. The maximum atomic E-state index is 11.4. The second kappa shape index (κ2) is 5.70. The summed E-state index contributed by atoms with van der Waals surface area (Å²) in [6.45, 7) is 2.51. The summed E-state index contributed by atoms with van der Waals surface area (Å²) in [6.07, 6.45) is 2.56. The number of carbonyl (C=O) groups excluding carboxylic acids is 1. The fourth-order valence-corrected chi connectivity index (χ4v) is 1.83. The van der Waals surface area contributed by atoms with Gasteiger partial charge in [-0.3, -0.25) is 4.79 Å². The summed E-state index contributed by atoms with van der Waals surface area (Å²) in [5.41, 5.74) is 0.0862. The van der Waals surface area contributed by atoms with Crippen LogP contribution in [-0.4, -0.2) is 40.8 Å². The van der Waals surface area contributed by atoms with Gasteiger partial charge in [-0.25, -0.2) is 9.59 Å². The van der Waals surface area contributed by atoms with Gasteiger partial charge in [0.05, 0.1) is 6.42 Å². The molecule has 0 aliphatic heterocycles. The molecule has 1 aliphatic rings. The first kappa shape index (κ1) is 14.3. The highest BCUT2D eigenvalue weighted by molar-refractivity contribution is 5.86. The summed E-state index contributed by atoms with van der Waals surface area (Å²) in [6, 6.07) is -2.05. The quantitative estimate of drug-likeness (QED) is 0.550. The molecule has 0 bridgehead atoms. The van der Waals surface area contributed by atoms with E-state index in [0.717, 1.165) is 19.3 Å². The van der Waals surface area contributed by atoms with Gasteiger partial charge in [-0.15, -0.1) is 0 Å². The van der Waals surface area contributed by atoms with Crippen molar-refractivity contribution in [1.29, 1.82) is 0 Å². The van der Waals surface area contributed by atoms with Crippen LogP contribution in [-0.2, 0) is 9.59 Å². The van der Waals surface area contributed by atoms with Crippen LogP contribution in [0.15, 0.2) is 0 Å². The van der Waals surface area contributed by atoms with Gasteiger partial charge in [-0.2, -0.15) is 0 Å². The van der Waals surface area contributed by atoms with Crippen molar-refractivity contribution in [1.82, 2.24) is 10.6 Å². The van der Waals surface area contributed by atoms with E-state index in [1.54, 1.807) is 0 Å². The Morgan fingerprint density at radius 1 is 1.28 bits per heavy atom. The Bertz CT molecular complexity index is 351. The highest BCUT2D eigenvalue weighted by atomic mass is 16.4. The maximum Gasteiger partial charge on any atom is 0.326 e. The summed E-state index contributed by atoms with van der Waals surface area (Å²) in [7, 11) is 0. The van der Waals surface area contributed by atoms with Gasteiger partial charge in [-0.1, -0.05) is 13.3 Å². The van der Waals surface area contributed by atoms with Crippen molar-refractivity contribution in [3.8, 4) is 0 Å². The zero-order chi connectivity index (χ0) is 13.8. The highest BCUT2D eigenvalue weighted by Crippen LogP contribution is 2.39. The normalized spacial score (nSPS) is 18.3. The number of hydrogen-bond donors (Lipinski definition) is 4. The van der Waals surface area contributed by atoms with Crippen molar-refractivity contribution in [3.63, 3.8) is 0 Å². The average molecular weight is 258 g/mol. The zero-order valence-corrected chi connectivity index (χ0v) is 10.2. The lowest BCUT2D eigenvalue weighted by Gasteiger charge is -2.38. The Kier molecular flexibility index (Phi) is 4.52. The number of carbonyl (C=O) groups is 3. The first-order chi connectivity index (χ1) is 8.32. The van der Waals surface area contributed by atoms with Crippen LogP contribution < -0.4 is 10.6 Å². The fourth-order valence-electron chi connectivity index (χ4n) is 1.83. The van der Waals surface area contributed by atoms with Crippen LogP contribution in [0.2, 0.25) is 0 Å². The Labute approximate surface area is 105 Å². The molecule has 18 heavy (non-hydrogen) atoms. The van der Waals surface area contributed by atoms with E-state index < -0.39 is 30.4 Å². The van der Waals surface area contributed by atoms with Gasteiger partial charge >= 0.3 is 18.0 Å². The lowest BCUT2D eigenvalue weighted by atomic mass is 9.70. The largest absolute Gasteiger partial charge is 0.481 e. The molecule has 0 spiro atoms. The fraction of sp³-hybridized carbons (Fsp3) is 0.727. The lowest BCUT2D eigenvalue weighted by molar-refractivity contribution is -0.145. The Balaban J connectivity index is 2.36. The van der Waals surface area contributed by atoms with Crippen molar-refractivity contribution >= 4 is 18.0 Å². The van der Waals surface area contributed by atoms with Crippen LogP contribution in [0.3, 0.4) is 0 Å². The summed E-state index contributed by atoms with van der Waals surface area (Å²) >= 11 is 0. The van der Waals surface area contributed by atoms with E-state index in [1.807, 2.05) is 6.92 Å². The molecule has 0 heterocycles. The minimum absolute atomic E-state index is 0.0862. The van der Waals surface area contributed by atoms with Crippen molar-refractivity contribution in [2.24, 2.45) is 5.41 Å². The molecule has 1 atom stereocenters. The molecule has 2 amide bonds. The first-order valence-electron chi connectivity index (χ1n) is 5.81. The van der Waals surface area contributed by atoms with Crippen molar-refractivity contribution in [3.05, 3.63) is 0 Å². The van der Waals surface area contributed by atoms with Crippen molar-refractivity contribution in [2.45, 2.75) is 38.6 Å². The second-order valence-corrected chi connectivity index (χ2v) is 4.98. The number of amides is 2. The molecular weight excluding hydrogens is 240 g/mol. The van der Waals surface area contributed by atoms with Gasteiger partial charge in [0.1, 0.15) is 6.04 Å². The van der Waals surface area contributed by atoms with E-state index in [-0.39, 0.29) is 5.41 Å². The molecule has 1 unspecified atom stereocenters. The minimum atomic E-state index is -1.41. The van der Waals surface area contributed by atoms with Crippen LogP contribution >= 0.6 is 0 Å². The van der Waals surface area contributed by atoms with Gasteiger partial charge < -0.3 is 20.8 Å². The summed E-state index contributed by atoms with van der Waals surface area (Å²) in [4.78, 5) is 32.6. The van der Waals surface area contributed by atoms with E-state index in [4.69, 9.17) is 10.2 Å². The average Bonchev–Trinajstić information content (AvgIpc) is 2.22. The molecule has 102 valence electrons. The minimum Gasteiger partial charge on any atom is -0.481 e. The van der Waals surface area contributed by atoms with Crippen LogP contribution in [0.25, 0.3) is 0 Å². The van der Waals surface area contributed by atoms with Gasteiger partial charge in [0, 0.05) is 6.54 Å². The summed E-state index contributed by atoms with van der Waals surface area (Å²) in [5.74, 6) is -2.63. The number of hydrogen-bond acceptors (Lipinski definition) is 3. The van der Waals surface area contributed by atoms with Crippen LogP contribution in [0, 0.1) is 5.41 Å². The van der Waals surface area contributed by atoms with Crippen LogP contribution in [0.1, 0.15) is 32.6 Å². The molecule has 1 rings (SSSR count). The number of rotatable bonds is 6. The van der Waals surface area contributed by atoms with E-state index in [1.165, 1.54) is 0 Å². The third-order valence-electron chi connectivity index (χ3n) is 3.22. The van der Waals surface area contributed by atoms with E-state index in [2.05, 4.69) is 10.6 Å². The van der Waals surface area contributed by atoms with Crippen molar-refractivity contribution in [2.75, 3.05) is 6.54 Å². The number of aliphatic carboxylic acids is 2. The number of nitrogens with one attached hydrogen (secondary N) is 2. The number of carboxylic acids is 2. The molecular formula is C11H18N2O5. The molecule has 7 nitrogen and oxygen atoms in total. The molecule has 0 aromatic carbocycles. The predicted octanol–water partition coefficient (Wildman–Crippen LogP) is 0.404. The molecule has 4 N–H and O–H groups in total. The topological polar surface area (TPSA) is 116 Å². The zero-order valence-electron chi connectivity index (χ0n) is 10.2. The van der Waals surface area contributed by atoms with E-state index in [9.17, 15) is 14.4 Å². The summed E-state index contributed by atoms with van der Waals surface area (Å²) in [5, 5.41) is 22.0. The molecule has 0 saturated heterocycles. The molecule has 7 heteroatoms. The van der Waals surface area contributed by atoms with Crippen LogP contribution in [0.5, 0.6) is 0 Å². The van der Waals surface area contributed by atoms with Crippen LogP contribution in [0.4, 0.5) is 4.79 Å². The van der Waals surface area contributed by atoms with Gasteiger partial charge in [0.15, 0.2) is 0 Å². The van der Waals surface area contributed by atoms with Gasteiger partial charge in [0.25, 0.3) is 0 Å². The molecule has 1 aliphatic carbocycles. The lowest BCUT2D eigenvalue weighted by Crippen LogP contribution is -2.50. The van der Waals surface area contributed by atoms with E-state index in [0.29, 0.717) is 6.54 Å². The van der Waals surface area contributed by atoms with E-state index >= 15 is 0 Å². The van der Waals surface area contributed by atoms with Gasteiger partial charge in [-0.05, 0) is 18.3 Å². The SMILES string of the molecule is CC1(CNC(=O)NC(CC(=O)O)C(=O)O)CCC1. The Morgan fingerprint density at radius 2 is 1.89 bits per heavy atom. The van der Waals surface area contributed by atoms with Gasteiger partial charge in [0.2, 0.25) is 0 Å². The predicted molar refractivity (Wildman–Crippen MR) is 62.2 cm³/mol. The second-order valence-electron chi connectivity index (χ2n) is 4.98. The monoisotopic (exact) mass is 258 g/mol. The smallest absolute Gasteiger partial charge is 0.326 e. The Morgan fingerprint density at radius 3 is 2.28 bits per heavy atom. The first-order valence-corrected chi connectivity index (χ1v) is 5.81. The molecule has 0 aromatic heterocycles. The highest BCUT2D eigenvalue weighted by Gasteiger charge is 2.32. The molecule has 0 radical (unpaired) electrons. The number of carboxylic acid groups (broad SMARTS) is 2.